The van der Waals surface area contributed by atoms with E-state index >= 15 is 0 Å². The maximum absolute atomic E-state index is 11.6. The van der Waals surface area contributed by atoms with Crippen LogP contribution in [0.2, 0.25) is 0 Å². The van der Waals surface area contributed by atoms with Crippen molar-refractivity contribution in [2.45, 2.75) is 19.4 Å². The fraction of sp³-hybridized carbons (Fsp3) is 0.647. The molecule has 8 nitrogen and oxygen atoms in total. The molecule has 1 N–H and O–H groups in total. The first-order valence-electron chi connectivity index (χ1n) is 7.89. The van der Waals surface area contributed by atoms with E-state index in [0.29, 0.717) is 12.2 Å². The van der Waals surface area contributed by atoms with E-state index in [9.17, 15) is 9.59 Å². The Hall–Kier alpha value is -1.74. The predicted molar refractivity (Wildman–Crippen MR) is 90.0 cm³/mol. The van der Waals surface area contributed by atoms with Gasteiger partial charge in [-0.3, -0.25) is 0 Å². The first-order chi connectivity index (χ1) is 11.9. The van der Waals surface area contributed by atoms with Crippen molar-refractivity contribution in [3.05, 3.63) is 24.3 Å². The highest BCUT2D eigenvalue weighted by molar-refractivity contribution is 5.87. The molecule has 25 heavy (non-hydrogen) atoms. The lowest BCUT2D eigenvalue weighted by Crippen LogP contribution is -2.24. The van der Waals surface area contributed by atoms with Crippen molar-refractivity contribution < 1.29 is 38.4 Å². The molecule has 0 fully saturated rings. The number of hydrogen-bond donors (Lipinski definition) is 1. The molecule has 0 aliphatic rings. The van der Waals surface area contributed by atoms with Gasteiger partial charge in [0.05, 0.1) is 39.1 Å². The molecule has 0 spiro atoms. The fourth-order valence-corrected chi connectivity index (χ4v) is 1.64. The van der Waals surface area contributed by atoms with Crippen molar-refractivity contribution in [1.82, 2.24) is 0 Å². The summed E-state index contributed by atoms with van der Waals surface area (Å²) in [6, 6.07) is 0. The van der Waals surface area contributed by atoms with Crippen LogP contribution in [0.3, 0.4) is 0 Å². The van der Waals surface area contributed by atoms with Gasteiger partial charge in [-0.1, -0.05) is 13.2 Å². The van der Waals surface area contributed by atoms with Gasteiger partial charge in [0.25, 0.3) is 0 Å². The highest BCUT2D eigenvalue weighted by Gasteiger charge is 2.16. The van der Waals surface area contributed by atoms with Crippen LogP contribution in [-0.4, -0.2) is 76.5 Å². The highest BCUT2D eigenvalue weighted by atomic mass is 16.6. The third-order valence-electron chi connectivity index (χ3n) is 2.83. The Morgan fingerprint density at radius 1 is 1.00 bits per heavy atom. The lowest BCUT2D eigenvalue weighted by molar-refractivity contribution is -0.142. The molecular weight excluding hydrogens is 332 g/mol. The molecule has 0 aliphatic heterocycles. The zero-order chi connectivity index (χ0) is 19.1. The standard InChI is InChI=1S/C17H28O8/c1-13(2)16(19)25-10-8-22-7-9-23-15(12-21-4)11-14(3)17(20)24-6-5-18/h15,18H,1,3,5-12H2,2,4H3. The predicted octanol–water partition coefficient (Wildman–Crippen LogP) is 0.636. The maximum Gasteiger partial charge on any atom is 0.333 e. The summed E-state index contributed by atoms with van der Waals surface area (Å²) in [7, 11) is 1.52. The summed E-state index contributed by atoms with van der Waals surface area (Å²) >= 11 is 0. The van der Waals surface area contributed by atoms with Crippen molar-refractivity contribution in [2.75, 3.05) is 53.4 Å². The molecule has 0 saturated heterocycles. The van der Waals surface area contributed by atoms with Gasteiger partial charge in [0.15, 0.2) is 0 Å². The van der Waals surface area contributed by atoms with Gasteiger partial charge in [-0.15, -0.1) is 0 Å². The zero-order valence-electron chi connectivity index (χ0n) is 15.0. The van der Waals surface area contributed by atoms with Crippen molar-refractivity contribution >= 4 is 11.9 Å². The highest BCUT2D eigenvalue weighted by Crippen LogP contribution is 2.09. The van der Waals surface area contributed by atoms with Gasteiger partial charge in [-0.2, -0.15) is 0 Å². The van der Waals surface area contributed by atoms with Crippen LogP contribution in [0.5, 0.6) is 0 Å². The van der Waals surface area contributed by atoms with Gasteiger partial charge in [-0.25, -0.2) is 9.59 Å². The second-order valence-corrected chi connectivity index (χ2v) is 5.14. The van der Waals surface area contributed by atoms with E-state index in [2.05, 4.69) is 13.2 Å². The number of hydrogen-bond acceptors (Lipinski definition) is 8. The Balaban J connectivity index is 3.92. The third kappa shape index (κ3) is 12.3. The van der Waals surface area contributed by atoms with Crippen LogP contribution < -0.4 is 0 Å². The molecule has 0 aliphatic carbocycles. The van der Waals surface area contributed by atoms with Crippen LogP contribution in [0.15, 0.2) is 24.3 Å². The number of ether oxygens (including phenoxy) is 5. The molecule has 144 valence electrons. The van der Waals surface area contributed by atoms with Crippen molar-refractivity contribution in [1.29, 1.82) is 0 Å². The van der Waals surface area contributed by atoms with E-state index in [1.54, 1.807) is 6.92 Å². The summed E-state index contributed by atoms with van der Waals surface area (Å²) in [6.07, 6.45) is -0.127. The quantitative estimate of drug-likeness (QED) is 0.258. The molecular formula is C17H28O8. The molecule has 0 aromatic rings. The monoisotopic (exact) mass is 360 g/mol. The van der Waals surface area contributed by atoms with Crippen molar-refractivity contribution in [3.63, 3.8) is 0 Å². The Morgan fingerprint density at radius 3 is 2.24 bits per heavy atom. The van der Waals surface area contributed by atoms with Gasteiger partial charge in [0.2, 0.25) is 0 Å². The minimum Gasteiger partial charge on any atom is -0.460 e. The second kappa shape index (κ2) is 14.6. The van der Waals surface area contributed by atoms with Gasteiger partial charge < -0.3 is 28.8 Å². The van der Waals surface area contributed by atoms with Crippen LogP contribution in [0.25, 0.3) is 0 Å². The van der Waals surface area contributed by atoms with E-state index in [1.807, 2.05) is 0 Å². The Labute approximate surface area is 148 Å². The normalized spacial score (nSPS) is 11.6. The fourth-order valence-electron chi connectivity index (χ4n) is 1.64. The number of aliphatic hydroxyl groups is 1. The van der Waals surface area contributed by atoms with Crippen LogP contribution in [0, 0.1) is 0 Å². The van der Waals surface area contributed by atoms with Crippen LogP contribution in [0.1, 0.15) is 13.3 Å². The minimum atomic E-state index is -0.575. The SMILES string of the molecule is C=C(C)C(=O)OCCOCCOC(COC)CC(=C)C(=O)OCCO. The molecule has 0 bridgehead atoms. The lowest BCUT2D eigenvalue weighted by atomic mass is 10.1. The molecule has 0 radical (unpaired) electrons. The molecule has 1 atom stereocenters. The molecule has 0 saturated carbocycles. The molecule has 0 aromatic carbocycles. The maximum atomic E-state index is 11.6. The van der Waals surface area contributed by atoms with Gasteiger partial charge >= 0.3 is 11.9 Å². The van der Waals surface area contributed by atoms with Crippen molar-refractivity contribution in [3.8, 4) is 0 Å². The summed E-state index contributed by atoms with van der Waals surface area (Å²) in [5.74, 6) is -1.03. The van der Waals surface area contributed by atoms with Gasteiger partial charge in [-0.05, 0) is 6.92 Å². The lowest BCUT2D eigenvalue weighted by Gasteiger charge is -2.18. The van der Waals surface area contributed by atoms with E-state index in [0.717, 1.165) is 0 Å². The summed E-state index contributed by atoms with van der Waals surface area (Å²) in [5, 5.41) is 8.63. The third-order valence-corrected chi connectivity index (χ3v) is 2.83. The largest absolute Gasteiger partial charge is 0.460 e. The summed E-state index contributed by atoms with van der Waals surface area (Å²) in [4.78, 5) is 22.7. The van der Waals surface area contributed by atoms with Gasteiger partial charge in [0.1, 0.15) is 13.2 Å². The first-order valence-corrected chi connectivity index (χ1v) is 7.89. The Kier molecular flexibility index (Phi) is 13.6. The number of rotatable bonds is 15. The Bertz CT molecular complexity index is 432. The molecule has 1 unspecified atom stereocenters. The summed E-state index contributed by atoms with van der Waals surface area (Å²) in [6.45, 7) is 9.63. The average molecular weight is 360 g/mol. The van der Waals surface area contributed by atoms with Crippen molar-refractivity contribution in [2.24, 2.45) is 0 Å². The van der Waals surface area contributed by atoms with Gasteiger partial charge in [0, 0.05) is 24.7 Å². The molecule has 0 heterocycles. The zero-order valence-corrected chi connectivity index (χ0v) is 15.0. The number of carbonyl (C=O) groups excluding carboxylic acids is 2. The number of aliphatic hydroxyl groups excluding tert-OH is 1. The van der Waals surface area contributed by atoms with Crippen LogP contribution in [0.4, 0.5) is 0 Å². The minimum absolute atomic E-state index is 0.0720. The van der Waals surface area contributed by atoms with E-state index < -0.39 is 11.9 Å². The van der Waals surface area contributed by atoms with Crippen LogP contribution >= 0.6 is 0 Å². The smallest absolute Gasteiger partial charge is 0.333 e. The van der Waals surface area contributed by atoms with E-state index in [-0.39, 0.29) is 57.7 Å². The number of carbonyl (C=O) groups is 2. The van der Waals surface area contributed by atoms with E-state index in [4.69, 9.17) is 28.8 Å². The Morgan fingerprint density at radius 2 is 1.64 bits per heavy atom. The number of esters is 2. The first kappa shape index (κ1) is 23.3. The van der Waals surface area contributed by atoms with E-state index in [1.165, 1.54) is 7.11 Å². The summed E-state index contributed by atoms with van der Waals surface area (Å²) in [5.41, 5.74) is 0.576. The topological polar surface area (TPSA) is 101 Å². The molecule has 0 rings (SSSR count). The molecule has 0 amide bonds. The van der Waals surface area contributed by atoms with Crippen LogP contribution in [-0.2, 0) is 33.3 Å². The molecule has 0 aromatic heterocycles. The summed E-state index contributed by atoms with van der Waals surface area (Å²) < 4.78 is 25.6. The average Bonchev–Trinajstić information content (AvgIpc) is 2.58. The molecule has 8 heteroatoms. The second-order valence-electron chi connectivity index (χ2n) is 5.14. The number of methoxy groups -OCH3 is 1.